The number of nitrogens with two attached hydrogens (primary N) is 1. The molecule has 12 nitrogen and oxygen atoms in total. The van der Waals surface area contributed by atoms with Crippen molar-refractivity contribution in [1.82, 2.24) is 15.2 Å². The number of hydrogen-bond donors (Lipinski definition) is 3. The number of aryl methyl sites for hydroxylation is 1. The molecule has 2 aliphatic heterocycles. The Bertz CT molecular complexity index is 1290. The summed E-state index contributed by atoms with van der Waals surface area (Å²) < 4.78 is 1.95. The van der Waals surface area contributed by atoms with Crippen molar-refractivity contribution in [2.45, 2.75) is 50.6 Å². The Labute approximate surface area is 210 Å². The molecule has 2 aromatic heterocycles. The lowest BCUT2D eigenvalue weighted by atomic mass is 9.84. The second kappa shape index (κ2) is 10.0. The number of aromatic nitrogens is 2. The Morgan fingerprint density at radius 1 is 1.33 bits per heavy atom. The Hall–Kier alpha value is -3.84. The van der Waals surface area contributed by atoms with Gasteiger partial charge in [0.15, 0.2) is 28.4 Å². The zero-order valence-corrected chi connectivity index (χ0v) is 20.3. The number of carbonyl (C=O) groups is 3. The predicted octanol–water partition coefficient (Wildman–Crippen LogP) is 0.508. The molecule has 2 aromatic rings. The van der Waals surface area contributed by atoms with Crippen LogP contribution >= 0.6 is 11.3 Å². The van der Waals surface area contributed by atoms with E-state index in [1.54, 1.807) is 5.38 Å². The normalized spacial score (nSPS) is 21.1. The lowest BCUT2D eigenvalue weighted by Gasteiger charge is -2.48. The molecule has 4 heterocycles. The van der Waals surface area contributed by atoms with Crippen LogP contribution in [0.5, 0.6) is 0 Å². The minimum atomic E-state index is -1.16. The van der Waals surface area contributed by atoms with E-state index in [9.17, 15) is 19.5 Å². The third kappa shape index (κ3) is 4.20. The monoisotopic (exact) mass is 514 g/mol. The van der Waals surface area contributed by atoms with E-state index in [4.69, 9.17) is 10.6 Å². The summed E-state index contributed by atoms with van der Waals surface area (Å²) in [6.07, 6.45) is 6.83. The SMILES string of the molecule is CO/N=C(\C(=O)N[C@H]1C(=O)N2C(C(=O)O)=C([n+]3cccc4c3CCCC4)CCC12)c1csc(N)n1.[OH-]. The smallest absolute Gasteiger partial charge is 0.359 e. The molecule has 13 heteroatoms. The number of thiazole rings is 1. The van der Waals surface area contributed by atoms with Crippen LogP contribution < -0.4 is 15.6 Å². The molecule has 1 unspecified atom stereocenters. The number of carboxylic acid groups (broad SMARTS) is 1. The average molecular weight is 515 g/mol. The summed E-state index contributed by atoms with van der Waals surface area (Å²) in [6.45, 7) is 0. The quantitative estimate of drug-likeness (QED) is 0.216. The molecular weight excluding hydrogens is 488 g/mol. The van der Waals surface area contributed by atoms with Crippen molar-refractivity contribution >= 4 is 45.7 Å². The highest BCUT2D eigenvalue weighted by Crippen LogP contribution is 2.37. The summed E-state index contributed by atoms with van der Waals surface area (Å²) >= 11 is 1.15. The van der Waals surface area contributed by atoms with Gasteiger partial charge in [-0.05, 0) is 31.7 Å². The molecule has 2 amide bonds. The van der Waals surface area contributed by atoms with Crippen molar-refractivity contribution in [1.29, 1.82) is 0 Å². The first kappa shape index (κ1) is 25.3. The molecule has 3 aliphatic rings. The average Bonchev–Trinajstić information content (AvgIpc) is 3.29. The van der Waals surface area contributed by atoms with Crippen LogP contribution in [0.2, 0.25) is 0 Å². The minimum Gasteiger partial charge on any atom is -0.870 e. The standard InChI is InChI=1S/C23H24N6O5S.H2O/c1-34-27-17(13-11-35-23(24)25-13)20(30)26-18-15-8-9-16(19(22(32)33)29(15)21(18)31)28-10-4-6-12-5-2-3-7-14(12)28;/h4,6,10-11,15,18H,2-3,5,7-9H2,1H3,(H3-,24,25,26,30,32,33);1H2/b27-17-;/t15?,18-;/m1./s1. The Kier molecular flexibility index (Phi) is 7.04. The lowest BCUT2D eigenvalue weighted by molar-refractivity contribution is -0.594. The Balaban J connectivity index is 0.00000304. The summed E-state index contributed by atoms with van der Waals surface area (Å²) in [5, 5.41) is 18.3. The molecule has 36 heavy (non-hydrogen) atoms. The number of amides is 2. The highest BCUT2D eigenvalue weighted by molar-refractivity contribution is 7.13. The molecule has 2 atom stereocenters. The fourth-order valence-corrected chi connectivity index (χ4v) is 5.68. The molecule has 0 saturated carbocycles. The Morgan fingerprint density at radius 2 is 2.11 bits per heavy atom. The van der Waals surface area contributed by atoms with Gasteiger partial charge in [0.05, 0.1) is 6.04 Å². The largest absolute Gasteiger partial charge is 0.870 e. The number of nitrogens with zero attached hydrogens (tertiary/aromatic N) is 4. The number of pyridine rings is 1. The number of carboxylic acids is 1. The van der Waals surface area contributed by atoms with E-state index in [0.717, 1.165) is 42.7 Å². The predicted molar refractivity (Wildman–Crippen MR) is 128 cm³/mol. The third-order valence-electron chi connectivity index (χ3n) is 6.66. The maximum absolute atomic E-state index is 13.1. The summed E-state index contributed by atoms with van der Waals surface area (Å²) in [6, 6.07) is 2.66. The van der Waals surface area contributed by atoms with Crippen LogP contribution in [0.4, 0.5) is 5.13 Å². The molecule has 5 rings (SSSR count). The van der Waals surface area contributed by atoms with Gasteiger partial charge < -0.3 is 26.5 Å². The first-order valence-corrected chi connectivity index (χ1v) is 12.2. The highest BCUT2D eigenvalue weighted by Gasteiger charge is 2.55. The summed E-state index contributed by atoms with van der Waals surface area (Å²) in [7, 11) is 1.30. The molecule has 0 spiro atoms. The van der Waals surface area contributed by atoms with E-state index in [1.165, 1.54) is 17.6 Å². The van der Waals surface area contributed by atoms with Crippen LogP contribution in [0.1, 0.15) is 42.6 Å². The third-order valence-corrected chi connectivity index (χ3v) is 7.33. The number of carbonyl (C=O) groups excluding carboxylic acids is 2. The van der Waals surface area contributed by atoms with Gasteiger partial charge in [0.25, 0.3) is 11.8 Å². The molecule has 1 saturated heterocycles. The second-order valence-electron chi connectivity index (χ2n) is 8.62. The van der Waals surface area contributed by atoms with Crippen LogP contribution in [-0.4, -0.2) is 63.2 Å². The fourth-order valence-electron chi connectivity index (χ4n) is 5.13. The van der Waals surface area contributed by atoms with Crippen molar-refractivity contribution in [3.8, 4) is 0 Å². The van der Waals surface area contributed by atoms with Crippen LogP contribution in [0.15, 0.2) is 34.6 Å². The number of nitrogen functional groups attached to an aromatic ring is 1. The summed E-state index contributed by atoms with van der Waals surface area (Å²) in [4.78, 5) is 48.5. The Morgan fingerprint density at radius 3 is 2.81 bits per heavy atom. The van der Waals surface area contributed by atoms with E-state index in [0.29, 0.717) is 18.5 Å². The number of oxime groups is 1. The molecule has 5 N–H and O–H groups in total. The van der Waals surface area contributed by atoms with Crippen molar-refractivity contribution in [3.05, 3.63) is 46.4 Å². The van der Waals surface area contributed by atoms with Crippen LogP contribution in [-0.2, 0) is 32.1 Å². The van der Waals surface area contributed by atoms with Crippen LogP contribution in [0, 0.1) is 0 Å². The molecule has 1 fully saturated rings. The van der Waals surface area contributed by atoms with Crippen LogP contribution in [0.3, 0.4) is 0 Å². The zero-order valence-electron chi connectivity index (χ0n) is 19.5. The first-order valence-electron chi connectivity index (χ1n) is 11.4. The number of fused-ring (bicyclic) bond motifs is 2. The van der Waals surface area contributed by atoms with Crippen LogP contribution in [0.25, 0.3) is 5.70 Å². The van der Waals surface area contributed by atoms with Crippen molar-refractivity contribution < 1.29 is 34.4 Å². The molecule has 0 radical (unpaired) electrons. The van der Waals surface area contributed by atoms with Crippen molar-refractivity contribution in [2.75, 3.05) is 12.8 Å². The number of β-lactam (4-membered cyclic amide) rings is 1. The number of allylic oxidation sites excluding steroid dienone is 1. The summed E-state index contributed by atoms with van der Waals surface area (Å²) in [5.41, 5.74) is 8.68. The van der Waals surface area contributed by atoms with E-state index in [-0.39, 0.29) is 27.7 Å². The van der Waals surface area contributed by atoms with Crippen molar-refractivity contribution in [2.24, 2.45) is 5.16 Å². The zero-order chi connectivity index (χ0) is 24.7. The summed E-state index contributed by atoms with van der Waals surface area (Å²) in [5.74, 6) is -2.28. The van der Waals surface area contributed by atoms with Gasteiger partial charge in [-0.3, -0.25) is 14.5 Å². The molecule has 0 bridgehead atoms. The molecule has 190 valence electrons. The number of nitrogens with one attached hydrogen (secondary N) is 1. The van der Waals surface area contributed by atoms with Gasteiger partial charge in [-0.15, -0.1) is 11.3 Å². The number of hydrogen-bond acceptors (Lipinski definition) is 9. The lowest BCUT2D eigenvalue weighted by Crippen LogP contribution is -2.72. The molecular formula is C23H26N6O6S. The van der Waals surface area contributed by atoms with Gasteiger partial charge in [-0.2, -0.15) is 4.57 Å². The molecule has 0 aromatic carbocycles. The topological polar surface area (TPSA) is 181 Å². The highest BCUT2D eigenvalue weighted by atomic mass is 32.1. The van der Waals surface area contributed by atoms with Gasteiger partial charge in [-0.25, -0.2) is 9.78 Å². The second-order valence-corrected chi connectivity index (χ2v) is 9.51. The fraction of sp³-hybridized carbons (Fsp3) is 0.391. The van der Waals surface area contributed by atoms with Gasteiger partial charge in [0.1, 0.15) is 18.8 Å². The van der Waals surface area contributed by atoms with E-state index in [2.05, 4.69) is 21.5 Å². The van der Waals surface area contributed by atoms with Gasteiger partial charge >= 0.3 is 5.97 Å². The first-order chi connectivity index (χ1) is 16.9. The van der Waals surface area contributed by atoms with Gasteiger partial charge in [0.2, 0.25) is 5.70 Å². The van der Waals surface area contributed by atoms with Gasteiger partial charge in [-0.1, -0.05) is 5.16 Å². The van der Waals surface area contributed by atoms with E-state index < -0.39 is 29.9 Å². The number of anilines is 1. The van der Waals surface area contributed by atoms with E-state index in [1.807, 2.05) is 16.8 Å². The minimum absolute atomic E-state index is 0. The molecule has 1 aliphatic carbocycles. The number of rotatable bonds is 6. The van der Waals surface area contributed by atoms with Gasteiger partial charge in [0, 0.05) is 29.9 Å². The maximum Gasteiger partial charge on any atom is 0.359 e. The maximum atomic E-state index is 13.1. The van der Waals surface area contributed by atoms with Crippen molar-refractivity contribution in [3.63, 3.8) is 0 Å². The number of aliphatic carboxylic acids is 1. The van der Waals surface area contributed by atoms with E-state index >= 15 is 0 Å².